The fraction of sp³-hybridized carbons (Fsp3) is 0.250. The zero-order valence-electron chi connectivity index (χ0n) is 12.5. The van der Waals surface area contributed by atoms with E-state index < -0.39 is 0 Å². The molecule has 0 saturated carbocycles. The van der Waals surface area contributed by atoms with E-state index in [0.29, 0.717) is 11.3 Å². The van der Waals surface area contributed by atoms with Crippen LogP contribution in [0.1, 0.15) is 17.3 Å². The first-order chi connectivity index (χ1) is 9.99. The summed E-state index contributed by atoms with van der Waals surface area (Å²) in [6.07, 6.45) is 1.66. The van der Waals surface area contributed by atoms with Gasteiger partial charge in [-0.05, 0) is 24.6 Å². The molecule has 0 aliphatic heterocycles. The van der Waals surface area contributed by atoms with Gasteiger partial charge >= 0.3 is 0 Å². The number of aryl methyl sites for hydroxylation is 1. The van der Waals surface area contributed by atoms with Crippen LogP contribution in [0.3, 0.4) is 0 Å². The van der Waals surface area contributed by atoms with Crippen molar-refractivity contribution in [3.05, 3.63) is 46.4 Å². The number of benzene rings is 1. The van der Waals surface area contributed by atoms with E-state index in [0.717, 1.165) is 11.3 Å². The van der Waals surface area contributed by atoms with Crippen molar-refractivity contribution < 1.29 is 14.3 Å². The number of carbonyl (C=O) groups is 1. The summed E-state index contributed by atoms with van der Waals surface area (Å²) in [7, 11) is 4.66. The maximum Gasteiger partial charge on any atom is 0.264 e. The lowest BCUT2D eigenvalue weighted by Gasteiger charge is -2.14. The summed E-state index contributed by atoms with van der Waals surface area (Å²) >= 11 is 0. The van der Waals surface area contributed by atoms with Gasteiger partial charge in [0, 0.05) is 18.8 Å². The lowest BCUT2D eigenvalue weighted by molar-refractivity contribution is 0.101. The van der Waals surface area contributed by atoms with Crippen molar-refractivity contribution in [2.24, 2.45) is 7.05 Å². The maximum atomic E-state index is 12.1. The Hall–Kier alpha value is -2.56. The van der Waals surface area contributed by atoms with Crippen molar-refractivity contribution in [1.29, 1.82) is 0 Å². The molecule has 1 aromatic heterocycles. The van der Waals surface area contributed by atoms with Crippen molar-refractivity contribution in [3.63, 3.8) is 0 Å². The summed E-state index contributed by atoms with van der Waals surface area (Å²) in [5.41, 5.74) is 1.23. The van der Waals surface area contributed by atoms with E-state index in [1.807, 2.05) is 24.3 Å². The number of ether oxygens (including phenoxy) is 2. The van der Waals surface area contributed by atoms with Crippen LogP contribution in [0.15, 0.2) is 35.3 Å². The highest BCUT2D eigenvalue weighted by Crippen LogP contribution is 2.32. The summed E-state index contributed by atoms with van der Waals surface area (Å²) in [6.45, 7) is 1.36. The van der Waals surface area contributed by atoms with Crippen molar-refractivity contribution in [2.45, 2.75) is 6.92 Å². The Morgan fingerprint density at radius 2 is 1.71 bits per heavy atom. The van der Waals surface area contributed by atoms with E-state index in [4.69, 9.17) is 9.47 Å². The largest absolute Gasteiger partial charge is 0.497 e. The molecule has 0 aliphatic carbocycles. The number of nitrogens with zero attached hydrogens (tertiary/aromatic N) is 1. The van der Waals surface area contributed by atoms with Crippen LogP contribution in [-0.2, 0) is 7.05 Å². The number of hydrogen-bond acceptors (Lipinski definition) is 4. The summed E-state index contributed by atoms with van der Waals surface area (Å²) < 4.78 is 11.8. The molecule has 0 fully saturated rings. The van der Waals surface area contributed by atoms with Gasteiger partial charge in [0.05, 0.1) is 14.2 Å². The summed E-state index contributed by atoms with van der Waals surface area (Å²) in [5.74, 6) is 0.716. The SMILES string of the molecule is COc1ccc(-c2cn(C)c(=O)c(C(C)=O)c2OC)cc1. The molecule has 0 N–H and O–H groups in total. The molecule has 5 nitrogen and oxygen atoms in total. The minimum atomic E-state index is -0.364. The fourth-order valence-electron chi connectivity index (χ4n) is 2.22. The van der Waals surface area contributed by atoms with Crippen molar-refractivity contribution in [2.75, 3.05) is 14.2 Å². The second kappa shape index (κ2) is 5.83. The summed E-state index contributed by atoms with van der Waals surface area (Å²) in [4.78, 5) is 23.9. The molecular weight excluding hydrogens is 270 g/mol. The third-order valence-electron chi connectivity index (χ3n) is 3.29. The average molecular weight is 287 g/mol. The predicted octanol–water partition coefficient (Wildman–Crippen LogP) is 2.27. The first-order valence-electron chi connectivity index (χ1n) is 6.42. The molecule has 0 aliphatic rings. The highest BCUT2D eigenvalue weighted by Gasteiger charge is 2.19. The lowest BCUT2D eigenvalue weighted by Crippen LogP contribution is -2.24. The van der Waals surface area contributed by atoms with Crippen LogP contribution in [0.5, 0.6) is 11.5 Å². The van der Waals surface area contributed by atoms with Gasteiger partial charge in [-0.25, -0.2) is 0 Å². The lowest BCUT2D eigenvalue weighted by atomic mass is 10.0. The molecule has 110 valence electrons. The van der Waals surface area contributed by atoms with Gasteiger partial charge in [0.15, 0.2) is 5.78 Å². The van der Waals surface area contributed by atoms with Crippen LogP contribution in [0.2, 0.25) is 0 Å². The molecule has 0 atom stereocenters. The van der Waals surface area contributed by atoms with E-state index in [1.165, 1.54) is 18.6 Å². The molecule has 0 spiro atoms. The molecule has 2 aromatic rings. The number of ketones is 1. The normalized spacial score (nSPS) is 10.3. The smallest absolute Gasteiger partial charge is 0.264 e. The van der Waals surface area contributed by atoms with Crippen LogP contribution in [0.4, 0.5) is 0 Å². The van der Waals surface area contributed by atoms with E-state index >= 15 is 0 Å². The zero-order valence-corrected chi connectivity index (χ0v) is 12.5. The number of rotatable bonds is 4. The monoisotopic (exact) mass is 287 g/mol. The number of Topliss-reactive ketones (excluding diaryl/α,β-unsaturated/α-hetero) is 1. The van der Waals surface area contributed by atoms with E-state index in [2.05, 4.69) is 0 Å². The van der Waals surface area contributed by atoms with Gasteiger partial charge in [-0.2, -0.15) is 0 Å². The molecule has 5 heteroatoms. The molecule has 1 aromatic carbocycles. The number of aromatic nitrogens is 1. The van der Waals surface area contributed by atoms with E-state index in [1.54, 1.807) is 20.4 Å². The Morgan fingerprint density at radius 3 is 2.19 bits per heavy atom. The van der Waals surface area contributed by atoms with Crippen molar-refractivity contribution in [3.8, 4) is 22.6 Å². The average Bonchev–Trinajstić information content (AvgIpc) is 2.49. The summed E-state index contributed by atoms with van der Waals surface area (Å²) in [5, 5.41) is 0. The molecule has 0 bridgehead atoms. The minimum absolute atomic E-state index is 0.0633. The Bertz CT molecular complexity index is 729. The Balaban J connectivity index is 2.73. The zero-order chi connectivity index (χ0) is 15.6. The highest BCUT2D eigenvalue weighted by atomic mass is 16.5. The van der Waals surface area contributed by atoms with E-state index in [-0.39, 0.29) is 16.9 Å². The van der Waals surface area contributed by atoms with Gasteiger partial charge in [0.2, 0.25) is 0 Å². The molecule has 1 heterocycles. The number of methoxy groups -OCH3 is 2. The van der Waals surface area contributed by atoms with Gasteiger partial charge in [0.1, 0.15) is 17.1 Å². The van der Waals surface area contributed by atoms with Gasteiger partial charge in [-0.15, -0.1) is 0 Å². The third kappa shape index (κ3) is 2.67. The first kappa shape index (κ1) is 14.8. The molecule has 0 saturated heterocycles. The van der Waals surface area contributed by atoms with Crippen LogP contribution in [0, 0.1) is 0 Å². The highest BCUT2D eigenvalue weighted by molar-refractivity contribution is 5.98. The van der Waals surface area contributed by atoms with Crippen LogP contribution in [-0.4, -0.2) is 24.6 Å². The Labute approximate surface area is 122 Å². The molecule has 0 amide bonds. The Morgan fingerprint density at radius 1 is 1.10 bits per heavy atom. The number of carbonyl (C=O) groups excluding carboxylic acids is 1. The molecule has 0 radical (unpaired) electrons. The fourth-order valence-corrected chi connectivity index (χ4v) is 2.22. The second-order valence-corrected chi connectivity index (χ2v) is 4.65. The maximum absolute atomic E-state index is 12.1. The van der Waals surface area contributed by atoms with Crippen LogP contribution < -0.4 is 15.0 Å². The number of hydrogen-bond donors (Lipinski definition) is 0. The predicted molar refractivity (Wildman–Crippen MR) is 80.2 cm³/mol. The standard InChI is InChI=1S/C16H17NO4/c1-10(18)14-15(21-4)13(9-17(2)16(14)19)11-5-7-12(20-3)8-6-11/h5-9H,1-4H3. The molecule has 0 unspecified atom stereocenters. The van der Waals surface area contributed by atoms with Gasteiger partial charge in [-0.1, -0.05) is 12.1 Å². The van der Waals surface area contributed by atoms with Crippen LogP contribution >= 0.6 is 0 Å². The van der Waals surface area contributed by atoms with Gasteiger partial charge in [0.25, 0.3) is 5.56 Å². The minimum Gasteiger partial charge on any atom is -0.497 e. The van der Waals surface area contributed by atoms with Crippen LogP contribution in [0.25, 0.3) is 11.1 Å². The third-order valence-corrected chi connectivity index (χ3v) is 3.29. The topological polar surface area (TPSA) is 57.5 Å². The molecular formula is C16H17NO4. The molecule has 21 heavy (non-hydrogen) atoms. The van der Waals surface area contributed by atoms with E-state index in [9.17, 15) is 9.59 Å². The number of pyridine rings is 1. The first-order valence-corrected chi connectivity index (χ1v) is 6.42. The van der Waals surface area contributed by atoms with Crippen molar-refractivity contribution >= 4 is 5.78 Å². The summed E-state index contributed by atoms with van der Waals surface area (Å²) in [6, 6.07) is 7.33. The van der Waals surface area contributed by atoms with Gasteiger partial charge in [-0.3, -0.25) is 9.59 Å². The second-order valence-electron chi connectivity index (χ2n) is 4.65. The Kier molecular flexibility index (Phi) is 4.12. The van der Waals surface area contributed by atoms with Gasteiger partial charge < -0.3 is 14.0 Å². The molecule has 2 rings (SSSR count). The van der Waals surface area contributed by atoms with Crippen molar-refractivity contribution in [1.82, 2.24) is 4.57 Å². The quantitative estimate of drug-likeness (QED) is 0.809.